The summed E-state index contributed by atoms with van der Waals surface area (Å²) < 4.78 is 2.14. The average molecular weight is 536 g/mol. The van der Waals surface area contributed by atoms with Gasteiger partial charge in [0.05, 0.1) is 0 Å². The Morgan fingerprint density at radius 2 is 1.48 bits per heavy atom. The molecule has 0 radical (unpaired) electrons. The quantitative estimate of drug-likeness (QED) is 0.209. The molecule has 1 aliphatic rings. The van der Waals surface area contributed by atoms with Gasteiger partial charge in [-0.05, 0) is 6.42 Å². The molecule has 0 aromatic heterocycles. The van der Waals surface area contributed by atoms with Crippen molar-refractivity contribution in [2.45, 2.75) is 27.2 Å². The normalized spacial score (nSPS) is 9.64. The number of hydrogen-bond acceptors (Lipinski definition) is 0. The van der Waals surface area contributed by atoms with Crippen molar-refractivity contribution in [3.63, 3.8) is 0 Å². The van der Waals surface area contributed by atoms with Crippen molar-refractivity contribution in [3.8, 4) is 11.1 Å². The van der Waals surface area contributed by atoms with Crippen molar-refractivity contribution in [1.29, 1.82) is 0 Å². The first-order chi connectivity index (χ1) is 11.2. The van der Waals surface area contributed by atoms with Crippen LogP contribution in [-0.4, -0.2) is 3.76 Å². The fourth-order valence-corrected chi connectivity index (χ4v) is 2.72. The molecule has 4 rings (SSSR count). The number of rotatable bonds is 0. The second-order valence-corrected chi connectivity index (χ2v) is 7.72. The predicted octanol–water partition coefficient (Wildman–Crippen LogP) is -0.556. The average Bonchev–Trinajstić information content (AvgIpc) is 3.11. The zero-order valence-electron chi connectivity index (χ0n) is 14.8. The van der Waals surface area contributed by atoms with Gasteiger partial charge in [-0.2, -0.15) is 47.0 Å². The Bertz CT molecular complexity index is 715. The van der Waals surface area contributed by atoms with E-state index in [4.69, 9.17) is 0 Å². The third kappa shape index (κ3) is 7.09. The zero-order chi connectivity index (χ0) is 16.7. The van der Waals surface area contributed by atoms with Crippen molar-refractivity contribution in [3.05, 3.63) is 89.0 Å². The molecule has 3 aromatic rings. The predicted molar refractivity (Wildman–Crippen MR) is 96.8 cm³/mol. The Balaban J connectivity index is 0.000000415. The molecule has 0 N–H and O–H groups in total. The van der Waals surface area contributed by atoms with Gasteiger partial charge in [0, 0.05) is 0 Å². The van der Waals surface area contributed by atoms with Crippen LogP contribution in [0.2, 0.25) is 0 Å². The van der Waals surface area contributed by atoms with Crippen molar-refractivity contribution >= 4 is 3.76 Å². The SMILES string of the molecule is C[CH]=[Hf+2].Cc1ccc(C)[cH-]1.[Cl-].[Cl-].[c-]1cccc2c1Cc1ccccc1-2. The van der Waals surface area contributed by atoms with E-state index in [2.05, 4.69) is 85.2 Å². The summed E-state index contributed by atoms with van der Waals surface area (Å²) in [5.74, 6) is 0. The molecule has 3 heteroatoms. The van der Waals surface area contributed by atoms with Gasteiger partial charge in [-0.3, -0.25) is 0 Å². The summed E-state index contributed by atoms with van der Waals surface area (Å²) in [4.78, 5) is 0. The number of benzene rings is 2. The van der Waals surface area contributed by atoms with E-state index in [0.29, 0.717) is 0 Å². The van der Waals surface area contributed by atoms with Gasteiger partial charge in [-0.1, -0.05) is 49.2 Å². The van der Waals surface area contributed by atoms with Crippen LogP contribution in [0, 0.1) is 19.9 Å². The van der Waals surface area contributed by atoms with Crippen LogP contribution >= 0.6 is 0 Å². The van der Waals surface area contributed by atoms with Gasteiger partial charge in [-0.15, -0.1) is 5.56 Å². The van der Waals surface area contributed by atoms with Crippen LogP contribution in [0.4, 0.5) is 0 Å². The van der Waals surface area contributed by atoms with E-state index >= 15 is 0 Å². The minimum Gasteiger partial charge on any atom is -1.00 e. The maximum absolute atomic E-state index is 3.30. The summed E-state index contributed by atoms with van der Waals surface area (Å²) >= 11 is 1.24. The Hall–Kier alpha value is -0.890. The first-order valence-electron chi connectivity index (χ1n) is 7.88. The minimum atomic E-state index is 0. The van der Waals surface area contributed by atoms with E-state index in [1.54, 1.807) is 0 Å². The van der Waals surface area contributed by atoms with Crippen LogP contribution < -0.4 is 24.8 Å². The Kier molecular flexibility index (Phi) is 12.0. The molecule has 0 heterocycles. The summed E-state index contributed by atoms with van der Waals surface area (Å²) in [7, 11) is 0. The number of aryl methyl sites for hydroxylation is 2. The van der Waals surface area contributed by atoms with E-state index in [1.807, 2.05) is 6.07 Å². The van der Waals surface area contributed by atoms with E-state index < -0.39 is 0 Å². The first kappa shape index (κ1) is 24.1. The molecule has 0 nitrogen and oxygen atoms in total. The van der Waals surface area contributed by atoms with Crippen molar-refractivity contribution in [1.82, 2.24) is 0 Å². The standard InChI is InChI=1S/C13H9.C7H9.C2H4.2ClH.Hf/c1-3-7-12-10(5-1)9-11-6-2-4-8-13(11)12;1-6-3-4-7(2)5-6;1-2;;;/h1-5,7-8H,9H2;3-5H,1-2H3;1H,2H3;2*1H;/q2*-1;;;;+2/p-2. The smallest absolute Gasteiger partial charge is 0.0253 e. The summed E-state index contributed by atoms with van der Waals surface area (Å²) in [6.45, 7) is 6.27. The van der Waals surface area contributed by atoms with Gasteiger partial charge >= 0.3 is 34.6 Å². The van der Waals surface area contributed by atoms with Crippen molar-refractivity contribution in [2.75, 3.05) is 0 Å². The number of fused-ring (bicyclic) bond motifs is 3. The van der Waals surface area contributed by atoms with Crippen LogP contribution in [0.3, 0.4) is 0 Å². The molecular formula is C22H22Cl2Hf-2. The van der Waals surface area contributed by atoms with Crippen molar-refractivity contribution < 1.29 is 48.7 Å². The molecule has 0 saturated heterocycles. The summed E-state index contributed by atoms with van der Waals surface area (Å²) in [5.41, 5.74) is 8.23. The molecule has 0 unspecified atom stereocenters. The van der Waals surface area contributed by atoms with Crippen molar-refractivity contribution in [2.24, 2.45) is 0 Å². The Morgan fingerprint density at radius 3 is 2.04 bits per heavy atom. The van der Waals surface area contributed by atoms with E-state index in [-0.39, 0.29) is 24.8 Å². The Labute approximate surface area is 178 Å². The topological polar surface area (TPSA) is 0 Å². The van der Waals surface area contributed by atoms with Gasteiger partial charge in [0.1, 0.15) is 0 Å². The number of hydrogen-bond donors (Lipinski definition) is 0. The largest absolute Gasteiger partial charge is 1.00 e. The van der Waals surface area contributed by atoms with Crippen LogP contribution in [0.5, 0.6) is 0 Å². The van der Waals surface area contributed by atoms with Crippen LogP contribution in [-0.2, 0) is 30.3 Å². The zero-order valence-corrected chi connectivity index (χ0v) is 19.9. The molecule has 130 valence electrons. The molecule has 0 saturated carbocycles. The molecule has 0 aliphatic heterocycles. The van der Waals surface area contributed by atoms with Gasteiger partial charge < -0.3 is 24.8 Å². The summed E-state index contributed by atoms with van der Waals surface area (Å²) in [6.07, 6.45) is 1.05. The minimum absolute atomic E-state index is 0. The Morgan fingerprint density at radius 1 is 0.920 bits per heavy atom. The van der Waals surface area contributed by atoms with Crippen LogP contribution in [0.1, 0.15) is 29.2 Å². The van der Waals surface area contributed by atoms with Crippen LogP contribution in [0.15, 0.2) is 60.7 Å². The maximum atomic E-state index is 3.30. The van der Waals surface area contributed by atoms with E-state index in [9.17, 15) is 0 Å². The molecule has 1 aliphatic carbocycles. The fourth-order valence-electron chi connectivity index (χ4n) is 2.72. The molecule has 25 heavy (non-hydrogen) atoms. The molecule has 0 amide bonds. The molecular weight excluding hydrogens is 514 g/mol. The van der Waals surface area contributed by atoms with Crippen LogP contribution in [0.25, 0.3) is 11.1 Å². The maximum Gasteiger partial charge on any atom is -0.0253 e. The first-order valence-corrected chi connectivity index (χ1v) is 9.96. The second kappa shape index (κ2) is 12.5. The van der Waals surface area contributed by atoms with Gasteiger partial charge in [0.15, 0.2) is 0 Å². The molecule has 3 aromatic carbocycles. The molecule has 0 atom stereocenters. The second-order valence-electron chi connectivity index (χ2n) is 5.65. The third-order valence-corrected chi connectivity index (χ3v) is 3.68. The van der Waals surface area contributed by atoms with Gasteiger partial charge in [0.25, 0.3) is 0 Å². The summed E-state index contributed by atoms with van der Waals surface area (Å²) in [6, 6.07) is 24.5. The third-order valence-electron chi connectivity index (χ3n) is 3.68. The van der Waals surface area contributed by atoms with E-state index in [0.717, 1.165) is 6.42 Å². The van der Waals surface area contributed by atoms with Gasteiger partial charge in [0.2, 0.25) is 0 Å². The monoisotopic (exact) mass is 536 g/mol. The molecule has 0 fully saturated rings. The van der Waals surface area contributed by atoms with Gasteiger partial charge in [-0.25, -0.2) is 12.1 Å². The molecule has 0 bridgehead atoms. The fraction of sp³-hybridized carbons (Fsp3) is 0.182. The van der Waals surface area contributed by atoms with E-state index in [1.165, 1.54) is 57.3 Å². The molecule has 0 spiro atoms. The number of halogens is 2. The summed E-state index contributed by atoms with van der Waals surface area (Å²) in [5, 5.41) is 0.